The molecule has 1 heterocycles. The molecule has 186 valence electrons. The van der Waals surface area contributed by atoms with Crippen molar-refractivity contribution < 1.29 is 31.9 Å². The smallest absolute Gasteiger partial charge is 0.315 e. The van der Waals surface area contributed by atoms with Gasteiger partial charge in [-0.1, -0.05) is 0 Å². The Hall–Kier alpha value is -3.14. The Bertz CT molecular complexity index is 1260. The summed E-state index contributed by atoms with van der Waals surface area (Å²) in [5, 5.41) is 14.9. The van der Waals surface area contributed by atoms with Crippen LogP contribution in [0.1, 0.15) is 37.2 Å². The molecule has 0 saturated heterocycles. The fourth-order valence-corrected chi connectivity index (χ4v) is 5.35. The molecule has 2 aliphatic rings. The lowest BCUT2D eigenvalue weighted by atomic mass is 9.70. The van der Waals surface area contributed by atoms with Crippen LogP contribution in [0.2, 0.25) is 0 Å². The second-order valence-electron chi connectivity index (χ2n) is 9.75. The van der Waals surface area contributed by atoms with E-state index in [9.17, 15) is 31.9 Å². The van der Waals surface area contributed by atoms with Crippen LogP contribution in [0.4, 0.5) is 26.7 Å². The average molecular weight is 493 g/mol. The van der Waals surface area contributed by atoms with Gasteiger partial charge in [0.1, 0.15) is 17.5 Å². The predicted molar refractivity (Wildman–Crippen MR) is 120 cm³/mol. The number of aromatic nitrogens is 1. The first kappa shape index (κ1) is 23.6. The number of halogens is 5. The molecule has 0 spiro atoms. The Morgan fingerprint density at radius 2 is 1.74 bits per heavy atom. The van der Waals surface area contributed by atoms with E-state index in [4.69, 9.17) is 0 Å². The number of aromatic amines is 1. The van der Waals surface area contributed by atoms with Crippen LogP contribution in [0.5, 0.6) is 0 Å². The number of rotatable bonds is 6. The standard InChI is InChI=1S/C25H24F5N3O2/c26-16-3-1-14(2-4-16)21-20(18-7-17(27)8-19(28)22(18)32-21)15-5-13(6-15)9-31-23(35)33-24(12-34)10-25(29,30)11-24/h1-4,7-8,13,15,32,34H,5-6,9-12H2,(H2,31,33,35). The molecule has 2 aromatic carbocycles. The lowest BCUT2D eigenvalue weighted by Crippen LogP contribution is -2.66. The number of carbonyl (C=O) groups is 1. The Kier molecular flexibility index (Phi) is 5.74. The first-order valence-electron chi connectivity index (χ1n) is 11.4. The molecule has 35 heavy (non-hydrogen) atoms. The first-order valence-corrected chi connectivity index (χ1v) is 11.4. The van der Waals surface area contributed by atoms with E-state index in [-0.39, 0.29) is 23.9 Å². The Balaban J connectivity index is 1.28. The topological polar surface area (TPSA) is 77.2 Å². The van der Waals surface area contributed by atoms with Gasteiger partial charge in [0.25, 0.3) is 5.92 Å². The maximum absolute atomic E-state index is 14.5. The van der Waals surface area contributed by atoms with E-state index >= 15 is 0 Å². The molecule has 1 aromatic heterocycles. The van der Waals surface area contributed by atoms with Crippen molar-refractivity contribution in [1.29, 1.82) is 0 Å². The van der Waals surface area contributed by atoms with Gasteiger partial charge in [-0.2, -0.15) is 0 Å². The monoisotopic (exact) mass is 493 g/mol. The molecule has 0 radical (unpaired) electrons. The van der Waals surface area contributed by atoms with Gasteiger partial charge in [-0.3, -0.25) is 0 Å². The van der Waals surface area contributed by atoms with Gasteiger partial charge in [-0.15, -0.1) is 0 Å². The van der Waals surface area contributed by atoms with E-state index < -0.39 is 54.4 Å². The van der Waals surface area contributed by atoms with Crippen molar-refractivity contribution in [2.75, 3.05) is 13.2 Å². The first-order chi connectivity index (χ1) is 16.6. The van der Waals surface area contributed by atoms with Crippen LogP contribution in [-0.4, -0.2) is 40.7 Å². The summed E-state index contributed by atoms with van der Waals surface area (Å²) in [5.41, 5.74) is 0.840. The van der Waals surface area contributed by atoms with Crippen molar-refractivity contribution in [3.63, 3.8) is 0 Å². The van der Waals surface area contributed by atoms with Crippen LogP contribution < -0.4 is 10.6 Å². The number of fused-ring (bicyclic) bond motifs is 1. The molecule has 2 saturated carbocycles. The fourth-order valence-electron chi connectivity index (χ4n) is 5.35. The molecular weight excluding hydrogens is 469 g/mol. The van der Waals surface area contributed by atoms with Gasteiger partial charge >= 0.3 is 6.03 Å². The summed E-state index contributed by atoms with van der Waals surface area (Å²) in [6.07, 6.45) is 0.0517. The zero-order valence-electron chi connectivity index (χ0n) is 18.6. The number of urea groups is 1. The third-order valence-corrected chi connectivity index (χ3v) is 7.07. The molecule has 2 fully saturated rings. The number of benzene rings is 2. The summed E-state index contributed by atoms with van der Waals surface area (Å²) >= 11 is 0. The highest BCUT2D eigenvalue weighted by Gasteiger charge is 2.57. The number of alkyl halides is 2. The number of amides is 2. The Morgan fingerprint density at radius 3 is 2.37 bits per heavy atom. The summed E-state index contributed by atoms with van der Waals surface area (Å²) in [4.78, 5) is 15.2. The van der Waals surface area contributed by atoms with E-state index in [0.29, 0.717) is 29.5 Å². The SMILES string of the molecule is O=C(NCC1CC(c2c(-c3ccc(F)cc3)[nH]c3c(F)cc(F)cc23)C1)NC1(CO)CC(F)(F)C1. The zero-order valence-corrected chi connectivity index (χ0v) is 18.6. The number of hydrogen-bond acceptors (Lipinski definition) is 2. The van der Waals surface area contributed by atoms with E-state index in [1.165, 1.54) is 18.2 Å². The van der Waals surface area contributed by atoms with E-state index in [1.807, 2.05) is 0 Å². The molecule has 0 aliphatic heterocycles. The highest BCUT2D eigenvalue weighted by molar-refractivity contribution is 5.92. The van der Waals surface area contributed by atoms with Crippen LogP contribution in [0, 0.1) is 23.4 Å². The summed E-state index contributed by atoms with van der Waals surface area (Å²) in [6.45, 7) is -0.279. The number of H-pyrrole nitrogens is 1. The highest BCUT2D eigenvalue weighted by Crippen LogP contribution is 2.48. The largest absolute Gasteiger partial charge is 0.394 e. The quantitative estimate of drug-likeness (QED) is 0.356. The molecule has 0 bridgehead atoms. The number of aliphatic hydroxyl groups excluding tert-OH is 1. The van der Waals surface area contributed by atoms with Crippen molar-refractivity contribution in [3.05, 3.63) is 59.4 Å². The maximum Gasteiger partial charge on any atom is 0.315 e. The van der Waals surface area contributed by atoms with E-state index in [1.54, 1.807) is 12.1 Å². The predicted octanol–water partition coefficient (Wildman–Crippen LogP) is 5.21. The molecule has 0 atom stereocenters. The number of aliphatic hydroxyl groups is 1. The Labute approximate surface area is 197 Å². The van der Waals surface area contributed by atoms with Gasteiger partial charge in [0.15, 0.2) is 0 Å². The van der Waals surface area contributed by atoms with Crippen molar-refractivity contribution in [1.82, 2.24) is 15.6 Å². The van der Waals surface area contributed by atoms with Crippen LogP contribution in [-0.2, 0) is 0 Å². The number of carbonyl (C=O) groups excluding carboxylic acids is 1. The second kappa shape index (κ2) is 8.51. The molecule has 2 aliphatic carbocycles. The van der Waals surface area contributed by atoms with E-state index in [2.05, 4.69) is 15.6 Å². The second-order valence-corrected chi connectivity index (χ2v) is 9.75. The molecule has 5 rings (SSSR count). The number of nitrogens with one attached hydrogen (secondary N) is 3. The van der Waals surface area contributed by atoms with Crippen LogP contribution in [0.25, 0.3) is 22.2 Å². The van der Waals surface area contributed by atoms with Gasteiger partial charge in [-0.05, 0) is 66.1 Å². The van der Waals surface area contributed by atoms with Crippen molar-refractivity contribution in [2.24, 2.45) is 5.92 Å². The van der Waals surface area contributed by atoms with Gasteiger partial charge in [0.2, 0.25) is 0 Å². The summed E-state index contributed by atoms with van der Waals surface area (Å²) in [5.74, 6) is -4.70. The summed E-state index contributed by atoms with van der Waals surface area (Å²) in [7, 11) is 0. The molecule has 10 heteroatoms. The molecule has 4 N–H and O–H groups in total. The molecule has 2 amide bonds. The van der Waals surface area contributed by atoms with Gasteiger partial charge in [0.05, 0.1) is 23.4 Å². The van der Waals surface area contributed by atoms with Gasteiger partial charge < -0.3 is 20.7 Å². The molecule has 3 aromatic rings. The lowest BCUT2D eigenvalue weighted by Gasteiger charge is -2.46. The summed E-state index contributed by atoms with van der Waals surface area (Å²) < 4.78 is 68.4. The number of hydrogen-bond donors (Lipinski definition) is 4. The minimum absolute atomic E-state index is 0.0472. The van der Waals surface area contributed by atoms with Gasteiger partial charge in [0, 0.05) is 30.8 Å². The highest BCUT2D eigenvalue weighted by atomic mass is 19.3. The minimum atomic E-state index is -2.89. The van der Waals surface area contributed by atoms with E-state index in [0.717, 1.165) is 11.6 Å². The Morgan fingerprint density at radius 1 is 1.06 bits per heavy atom. The average Bonchev–Trinajstić information content (AvgIpc) is 3.11. The normalized spacial score (nSPS) is 22.3. The maximum atomic E-state index is 14.5. The van der Waals surface area contributed by atoms with Crippen molar-refractivity contribution in [3.8, 4) is 11.3 Å². The van der Waals surface area contributed by atoms with Gasteiger partial charge in [-0.25, -0.2) is 26.7 Å². The van der Waals surface area contributed by atoms with Crippen molar-refractivity contribution >= 4 is 16.9 Å². The molecular formula is C25H24F5N3O2. The van der Waals surface area contributed by atoms with Crippen LogP contribution in [0.15, 0.2) is 36.4 Å². The molecule has 0 unspecified atom stereocenters. The fraction of sp³-hybridized carbons (Fsp3) is 0.400. The van der Waals surface area contributed by atoms with Crippen molar-refractivity contribution in [2.45, 2.75) is 43.1 Å². The zero-order chi connectivity index (χ0) is 25.0. The third kappa shape index (κ3) is 4.47. The third-order valence-electron chi connectivity index (χ3n) is 7.07. The van der Waals surface area contributed by atoms with Crippen LogP contribution >= 0.6 is 0 Å². The minimum Gasteiger partial charge on any atom is -0.394 e. The van der Waals surface area contributed by atoms with Crippen LogP contribution in [0.3, 0.4) is 0 Å². The lowest BCUT2D eigenvalue weighted by molar-refractivity contribution is -0.142. The summed E-state index contributed by atoms with van der Waals surface area (Å²) in [6, 6.07) is 7.19. The molecule has 5 nitrogen and oxygen atoms in total.